The summed E-state index contributed by atoms with van der Waals surface area (Å²) in [6, 6.07) is 0. The molecule has 0 amide bonds. The molecule has 0 unspecified atom stereocenters. The van der Waals surface area contributed by atoms with Crippen molar-refractivity contribution in [2.75, 3.05) is 0 Å². The van der Waals surface area contributed by atoms with E-state index in [4.69, 9.17) is 0 Å². The summed E-state index contributed by atoms with van der Waals surface area (Å²) in [5.74, 6) is 0. The molecular formula is C17H26Cl2Zr. The van der Waals surface area contributed by atoms with Gasteiger partial charge in [-0.2, -0.15) is 22.3 Å². The Kier molecular flexibility index (Phi) is 16.4. The maximum atomic E-state index is 3.34. The molecule has 112 valence electrons. The summed E-state index contributed by atoms with van der Waals surface area (Å²) in [4.78, 5) is 0. The van der Waals surface area contributed by atoms with Gasteiger partial charge in [0.15, 0.2) is 0 Å². The van der Waals surface area contributed by atoms with Crippen molar-refractivity contribution < 1.29 is 24.2 Å². The molecule has 2 aliphatic rings. The molecule has 0 spiro atoms. The molecule has 20 heavy (non-hydrogen) atoms. The van der Waals surface area contributed by atoms with Crippen LogP contribution in [0, 0.1) is 12.2 Å². The molecule has 0 nitrogen and oxygen atoms in total. The number of halogens is 2. The molecule has 0 N–H and O–H groups in total. The molecule has 0 fully saturated rings. The third-order valence-electron chi connectivity index (χ3n) is 3.64. The Bertz CT molecular complexity index is 375. The van der Waals surface area contributed by atoms with Crippen molar-refractivity contribution >= 4 is 29.0 Å². The third kappa shape index (κ3) is 7.91. The monoisotopic (exact) mass is 390 g/mol. The van der Waals surface area contributed by atoms with Crippen LogP contribution in [0.4, 0.5) is 0 Å². The van der Waals surface area contributed by atoms with Gasteiger partial charge in [0.25, 0.3) is 0 Å². The Hall–Kier alpha value is 0.293. The van der Waals surface area contributed by atoms with Crippen LogP contribution in [0.2, 0.25) is 0 Å². The van der Waals surface area contributed by atoms with Gasteiger partial charge in [-0.05, 0) is 0 Å². The molecule has 0 aromatic heterocycles. The molecule has 3 heteroatoms. The van der Waals surface area contributed by atoms with Crippen molar-refractivity contribution in [1.82, 2.24) is 0 Å². The van der Waals surface area contributed by atoms with E-state index < -0.39 is 0 Å². The van der Waals surface area contributed by atoms with E-state index in [1.54, 1.807) is 0 Å². The van der Waals surface area contributed by atoms with Crippen molar-refractivity contribution in [3.05, 3.63) is 45.6 Å². The Labute approximate surface area is 152 Å². The summed E-state index contributed by atoms with van der Waals surface area (Å²) in [6.45, 7) is 12.9. The van der Waals surface area contributed by atoms with Gasteiger partial charge in [-0.1, -0.05) is 27.7 Å². The zero-order valence-corrected chi connectivity index (χ0v) is 17.5. The van der Waals surface area contributed by atoms with Gasteiger partial charge in [-0.3, -0.25) is 12.2 Å². The predicted octanol–water partition coefficient (Wildman–Crippen LogP) is 5.76. The molecular weight excluding hydrogens is 366 g/mol. The molecule has 0 aromatic carbocycles. The van der Waals surface area contributed by atoms with Gasteiger partial charge in [0.1, 0.15) is 0 Å². The van der Waals surface area contributed by atoms with Crippen LogP contribution >= 0.6 is 24.8 Å². The van der Waals surface area contributed by atoms with Gasteiger partial charge in [-0.25, -0.2) is 11.1 Å². The molecule has 0 atom stereocenters. The maximum absolute atomic E-state index is 3.34. The van der Waals surface area contributed by atoms with Crippen LogP contribution in [-0.2, 0) is 24.2 Å². The Morgan fingerprint density at radius 3 is 1.00 bits per heavy atom. The van der Waals surface area contributed by atoms with Crippen LogP contribution in [0.5, 0.6) is 0 Å². The van der Waals surface area contributed by atoms with Crippen LogP contribution < -0.4 is 0 Å². The van der Waals surface area contributed by atoms with Gasteiger partial charge in [-0.15, -0.1) is 51.5 Å². The molecule has 0 radical (unpaired) electrons. The van der Waals surface area contributed by atoms with Crippen LogP contribution in [-0.4, -0.2) is 4.21 Å². The minimum absolute atomic E-state index is 0. The fourth-order valence-corrected chi connectivity index (χ4v) is 1.70. The molecule has 0 bridgehead atoms. The standard InChI is InChI=1S/2C8H11.CH2.2ClH.Zr/c2*1-6-4-5-7(2)8(6)3;;;;/h2*4H2,1-3H3;1H2;2*1H;/q2*-1;;;;+2. The summed E-state index contributed by atoms with van der Waals surface area (Å²) in [5.41, 5.74) is 8.49. The molecule has 0 saturated carbocycles. The summed E-state index contributed by atoms with van der Waals surface area (Å²) < 4.78 is 3.34. The van der Waals surface area contributed by atoms with E-state index in [-0.39, 0.29) is 24.8 Å². The Balaban J connectivity index is -0.000000236. The summed E-state index contributed by atoms with van der Waals surface area (Å²) in [7, 11) is 0. The second-order valence-electron chi connectivity index (χ2n) is 4.77. The molecule has 0 heterocycles. The van der Waals surface area contributed by atoms with E-state index in [2.05, 4.69) is 57.9 Å². The molecule has 0 aliphatic heterocycles. The molecule has 2 rings (SSSR count). The van der Waals surface area contributed by atoms with Crippen molar-refractivity contribution in [3.8, 4) is 0 Å². The minimum atomic E-state index is 0. The molecule has 0 aromatic rings. The van der Waals surface area contributed by atoms with Crippen molar-refractivity contribution in [2.45, 2.75) is 54.4 Å². The average Bonchev–Trinajstić information content (AvgIpc) is 2.83. The second kappa shape index (κ2) is 13.0. The van der Waals surface area contributed by atoms with Crippen LogP contribution in [0.15, 0.2) is 33.4 Å². The first kappa shape index (κ1) is 25.3. The zero-order valence-electron chi connectivity index (χ0n) is 13.4. The van der Waals surface area contributed by atoms with Gasteiger partial charge in [0.2, 0.25) is 0 Å². The number of hydrogen-bond donors (Lipinski definition) is 0. The van der Waals surface area contributed by atoms with E-state index in [0.29, 0.717) is 0 Å². The Morgan fingerprint density at radius 2 is 0.950 bits per heavy atom. The quantitative estimate of drug-likeness (QED) is 0.460. The van der Waals surface area contributed by atoms with E-state index >= 15 is 0 Å². The van der Waals surface area contributed by atoms with E-state index in [9.17, 15) is 0 Å². The predicted molar refractivity (Wildman–Crippen MR) is 92.5 cm³/mol. The first-order chi connectivity index (χ1) is 8.43. The summed E-state index contributed by atoms with van der Waals surface area (Å²) in [6.07, 6.45) is 8.63. The normalized spacial score (nSPS) is 16.0. The molecule has 0 saturated heterocycles. The van der Waals surface area contributed by atoms with Crippen LogP contribution in [0.25, 0.3) is 0 Å². The summed E-state index contributed by atoms with van der Waals surface area (Å²) >= 11 is 1.30. The average molecular weight is 393 g/mol. The summed E-state index contributed by atoms with van der Waals surface area (Å²) in [5, 5.41) is 0. The van der Waals surface area contributed by atoms with Crippen LogP contribution in [0.3, 0.4) is 0 Å². The zero-order chi connectivity index (χ0) is 14.3. The fraction of sp³-hybridized carbons (Fsp3) is 0.471. The second-order valence-corrected chi connectivity index (χ2v) is 4.77. The SMILES string of the molecule is CC1=[C-]CC(C)=C1C.CC1=[C-]CC(C)=C1C.Cl.Cl.[CH2]=[Zr+2]. The van der Waals surface area contributed by atoms with Gasteiger partial charge in [0, 0.05) is 0 Å². The molecule has 2 aliphatic carbocycles. The van der Waals surface area contributed by atoms with E-state index in [1.807, 2.05) is 0 Å². The van der Waals surface area contributed by atoms with Crippen molar-refractivity contribution in [2.24, 2.45) is 0 Å². The third-order valence-corrected chi connectivity index (χ3v) is 3.64. The van der Waals surface area contributed by atoms with Gasteiger partial charge < -0.3 is 0 Å². The first-order valence-electron chi connectivity index (χ1n) is 6.27. The number of rotatable bonds is 0. The fourth-order valence-electron chi connectivity index (χ4n) is 1.70. The van der Waals surface area contributed by atoms with Gasteiger partial charge in [0.05, 0.1) is 0 Å². The number of hydrogen-bond acceptors (Lipinski definition) is 0. The Morgan fingerprint density at radius 1 is 0.700 bits per heavy atom. The first-order valence-corrected chi connectivity index (χ1v) is 8.01. The van der Waals surface area contributed by atoms with Crippen molar-refractivity contribution in [1.29, 1.82) is 0 Å². The number of allylic oxidation sites excluding steroid dienone is 8. The van der Waals surface area contributed by atoms with Gasteiger partial charge >= 0.3 is 28.4 Å². The van der Waals surface area contributed by atoms with Crippen LogP contribution in [0.1, 0.15) is 54.4 Å². The van der Waals surface area contributed by atoms with E-state index in [0.717, 1.165) is 12.8 Å². The van der Waals surface area contributed by atoms with Crippen molar-refractivity contribution in [3.63, 3.8) is 0 Å². The van der Waals surface area contributed by atoms with E-state index in [1.165, 1.54) is 57.7 Å². The topological polar surface area (TPSA) is 0 Å².